The molecule has 2 heteroatoms. The Bertz CT molecular complexity index is 557. The zero-order valence-corrected chi connectivity index (χ0v) is 22.3. The van der Waals surface area contributed by atoms with Crippen LogP contribution in [0.5, 0.6) is 0 Å². The smallest absolute Gasteiger partial charge is 0.00260 e. The molecule has 0 bridgehead atoms. The Balaban J connectivity index is 1.90. The van der Waals surface area contributed by atoms with E-state index in [1.165, 1.54) is 70.6 Å². The second-order valence-electron chi connectivity index (χ2n) is 11.9. The van der Waals surface area contributed by atoms with Crippen LogP contribution in [0, 0.1) is 0 Å². The lowest BCUT2D eigenvalue weighted by Crippen LogP contribution is -2.31. The summed E-state index contributed by atoms with van der Waals surface area (Å²) in [7, 11) is -0.0632. The Morgan fingerprint density at radius 3 is 1.59 bits per heavy atom. The molecule has 1 atom stereocenters. The van der Waals surface area contributed by atoms with E-state index in [4.69, 9.17) is 0 Å². The summed E-state index contributed by atoms with van der Waals surface area (Å²) < 4.78 is 0. The molecule has 0 aromatic rings. The van der Waals surface area contributed by atoms with Gasteiger partial charge < -0.3 is 0 Å². The van der Waals surface area contributed by atoms with E-state index in [1.54, 1.807) is 0 Å². The van der Waals surface area contributed by atoms with Crippen LogP contribution in [0.1, 0.15) is 119 Å². The standard InChI is InChI=1S/C27H48P2/c1-21(29(26(2,3)4)27(5,6)7)24-19-14-20-25(24)28(22-15-10-8-11-16-22)23-17-12-9-13-18-23/h19-23H,8-18H2,1-7H3. The fourth-order valence-electron chi connectivity index (χ4n) is 6.88. The molecule has 3 aliphatic carbocycles. The van der Waals surface area contributed by atoms with E-state index in [1.807, 2.05) is 10.9 Å². The van der Waals surface area contributed by atoms with Crippen LogP contribution < -0.4 is 0 Å². The molecule has 0 nitrogen and oxygen atoms in total. The molecule has 0 N–H and O–H groups in total. The normalized spacial score (nSPS) is 24.2. The average molecular weight is 435 g/mol. The Kier molecular flexibility index (Phi) is 8.16. The van der Waals surface area contributed by atoms with Crippen LogP contribution in [-0.4, -0.2) is 27.3 Å². The molecule has 29 heavy (non-hydrogen) atoms. The zero-order chi connectivity index (χ0) is 21.2. The van der Waals surface area contributed by atoms with Gasteiger partial charge in [-0.25, -0.2) is 0 Å². The SMILES string of the molecule is CC(C1=CCC=C1P(C1CCCCC1)C1CCCCC1)P(C(C)(C)C)C(C)(C)C. The molecule has 3 rings (SSSR count). The van der Waals surface area contributed by atoms with Gasteiger partial charge in [0.05, 0.1) is 0 Å². The summed E-state index contributed by atoms with van der Waals surface area (Å²) in [5.41, 5.74) is 4.59. The first-order valence-electron chi connectivity index (χ1n) is 12.6. The van der Waals surface area contributed by atoms with Crippen molar-refractivity contribution in [2.75, 3.05) is 0 Å². The molecule has 0 saturated heterocycles. The molecule has 2 saturated carbocycles. The highest BCUT2D eigenvalue weighted by Crippen LogP contribution is 2.69. The van der Waals surface area contributed by atoms with Crippen LogP contribution >= 0.6 is 15.8 Å². The van der Waals surface area contributed by atoms with E-state index in [2.05, 4.69) is 60.6 Å². The van der Waals surface area contributed by atoms with Crippen molar-refractivity contribution in [1.82, 2.24) is 0 Å². The molecule has 166 valence electrons. The summed E-state index contributed by atoms with van der Waals surface area (Å²) in [6, 6.07) is 0. The number of hydrogen-bond acceptors (Lipinski definition) is 0. The summed E-state index contributed by atoms with van der Waals surface area (Å²) in [4.78, 5) is 0. The van der Waals surface area contributed by atoms with Gasteiger partial charge in [-0.15, -0.1) is 0 Å². The van der Waals surface area contributed by atoms with Gasteiger partial charge in [0.25, 0.3) is 0 Å². The highest BCUT2D eigenvalue weighted by molar-refractivity contribution is 7.64. The predicted molar refractivity (Wildman–Crippen MR) is 137 cm³/mol. The van der Waals surface area contributed by atoms with Crippen LogP contribution in [0.25, 0.3) is 0 Å². The molecular weight excluding hydrogens is 386 g/mol. The van der Waals surface area contributed by atoms with Crippen molar-refractivity contribution in [3.05, 3.63) is 23.0 Å². The van der Waals surface area contributed by atoms with Gasteiger partial charge in [-0.3, -0.25) is 0 Å². The highest BCUT2D eigenvalue weighted by Gasteiger charge is 2.43. The van der Waals surface area contributed by atoms with Gasteiger partial charge >= 0.3 is 0 Å². The Hall–Kier alpha value is 0.340. The van der Waals surface area contributed by atoms with E-state index in [0.29, 0.717) is 10.3 Å². The summed E-state index contributed by atoms with van der Waals surface area (Å²) in [6.07, 6.45) is 21.6. The van der Waals surface area contributed by atoms with Crippen molar-refractivity contribution in [2.24, 2.45) is 0 Å². The summed E-state index contributed by atoms with van der Waals surface area (Å²) in [5, 5.41) is 2.70. The molecule has 0 aliphatic heterocycles. The minimum atomic E-state index is -0.100. The molecular formula is C27H48P2. The molecule has 0 amide bonds. The lowest BCUT2D eigenvalue weighted by Gasteiger charge is -2.47. The van der Waals surface area contributed by atoms with Crippen LogP contribution in [0.2, 0.25) is 0 Å². The molecule has 0 aromatic carbocycles. The van der Waals surface area contributed by atoms with Crippen LogP contribution in [0.4, 0.5) is 0 Å². The van der Waals surface area contributed by atoms with Crippen molar-refractivity contribution < 1.29 is 0 Å². The van der Waals surface area contributed by atoms with Crippen molar-refractivity contribution in [2.45, 2.75) is 146 Å². The van der Waals surface area contributed by atoms with E-state index in [9.17, 15) is 0 Å². The van der Waals surface area contributed by atoms with Crippen LogP contribution in [-0.2, 0) is 0 Å². The van der Waals surface area contributed by atoms with Crippen molar-refractivity contribution >= 4 is 15.8 Å². The summed E-state index contributed by atoms with van der Waals surface area (Å²) >= 11 is 0. The maximum Gasteiger partial charge on any atom is 0.00260 e. The van der Waals surface area contributed by atoms with Crippen molar-refractivity contribution in [1.29, 1.82) is 0 Å². The monoisotopic (exact) mass is 434 g/mol. The minimum absolute atomic E-state index is 0.0368. The molecule has 0 heterocycles. The van der Waals surface area contributed by atoms with Crippen LogP contribution in [0.3, 0.4) is 0 Å². The van der Waals surface area contributed by atoms with Gasteiger partial charge in [-0.1, -0.05) is 115 Å². The number of hydrogen-bond donors (Lipinski definition) is 0. The van der Waals surface area contributed by atoms with Gasteiger partial charge in [0.2, 0.25) is 0 Å². The van der Waals surface area contributed by atoms with Gasteiger partial charge in [0.15, 0.2) is 0 Å². The highest BCUT2D eigenvalue weighted by atomic mass is 31.1. The van der Waals surface area contributed by atoms with E-state index in [0.717, 1.165) is 17.0 Å². The lowest BCUT2D eigenvalue weighted by atomic mass is 9.99. The van der Waals surface area contributed by atoms with Crippen molar-refractivity contribution in [3.63, 3.8) is 0 Å². The van der Waals surface area contributed by atoms with E-state index >= 15 is 0 Å². The predicted octanol–water partition coefficient (Wildman–Crippen LogP) is 9.82. The third kappa shape index (κ3) is 5.78. The largest absolute Gasteiger partial charge is 0.0882 e. The van der Waals surface area contributed by atoms with Gasteiger partial charge in [-0.05, 0) is 64.6 Å². The Morgan fingerprint density at radius 1 is 0.724 bits per heavy atom. The second kappa shape index (κ2) is 9.86. The molecule has 0 radical (unpaired) electrons. The quantitative estimate of drug-likeness (QED) is 0.378. The molecule has 0 spiro atoms. The van der Waals surface area contributed by atoms with Gasteiger partial charge in [0.1, 0.15) is 0 Å². The number of allylic oxidation sites excluding steroid dienone is 4. The first-order valence-corrected chi connectivity index (χ1v) is 15.5. The fraction of sp³-hybridized carbons (Fsp3) is 0.852. The zero-order valence-electron chi connectivity index (χ0n) is 20.6. The topological polar surface area (TPSA) is 0 Å². The second-order valence-corrected chi connectivity index (χ2v) is 18.8. The third-order valence-corrected chi connectivity index (χ3v) is 15.0. The first-order chi connectivity index (χ1) is 13.6. The van der Waals surface area contributed by atoms with Crippen LogP contribution in [0.15, 0.2) is 23.0 Å². The summed E-state index contributed by atoms with van der Waals surface area (Å²) in [6.45, 7) is 17.6. The molecule has 0 aromatic heterocycles. The lowest BCUT2D eigenvalue weighted by molar-refractivity contribution is 0.486. The molecule has 1 unspecified atom stereocenters. The van der Waals surface area contributed by atoms with Crippen molar-refractivity contribution in [3.8, 4) is 0 Å². The fourth-order valence-corrected chi connectivity index (χ4v) is 16.0. The molecule has 3 aliphatic rings. The Morgan fingerprint density at radius 2 is 1.17 bits per heavy atom. The molecule has 2 fully saturated rings. The summed E-state index contributed by atoms with van der Waals surface area (Å²) in [5.74, 6) is 0. The minimum Gasteiger partial charge on any atom is -0.0882 e. The Labute approximate surface area is 185 Å². The third-order valence-electron chi connectivity index (χ3n) is 7.44. The van der Waals surface area contributed by atoms with E-state index in [-0.39, 0.29) is 15.8 Å². The van der Waals surface area contributed by atoms with E-state index < -0.39 is 0 Å². The first kappa shape index (κ1) is 24.0. The number of rotatable bonds is 5. The maximum absolute atomic E-state index is 2.71. The maximum atomic E-state index is 2.71. The average Bonchev–Trinajstić information content (AvgIpc) is 3.11. The van der Waals surface area contributed by atoms with Gasteiger partial charge in [-0.2, -0.15) is 0 Å². The van der Waals surface area contributed by atoms with Gasteiger partial charge in [0, 0.05) is 5.66 Å².